The molecule has 0 saturated carbocycles. The van der Waals surface area contributed by atoms with Gasteiger partial charge in [-0.3, -0.25) is 14.4 Å². The molecule has 2 aromatic rings. The number of carbonyl (C=O) groups is 2. The molecule has 24 heavy (non-hydrogen) atoms. The van der Waals surface area contributed by atoms with E-state index in [9.17, 15) is 14.4 Å². The first-order valence-corrected chi connectivity index (χ1v) is 7.95. The van der Waals surface area contributed by atoms with Gasteiger partial charge in [0.15, 0.2) is 0 Å². The fraction of sp³-hybridized carbons (Fsp3) is 0.412. The Balaban J connectivity index is 1.59. The highest BCUT2D eigenvalue weighted by atomic mass is 16.5. The molecule has 7 heteroatoms. The molecule has 0 spiro atoms. The van der Waals surface area contributed by atoms with Crippen LogP contribution in [0, 0.1) is 18.8 Å². The van der Waals surface area contributed by atoms with Crippen molar-refractivity contribution in [3.05, 3.63) is 40.3 Å². The van der Waals surface area contributed by atoms with Gasteiger partial charge in [0.1, 0.15) is 6.54 Å². The fourth-order valence-electron chi connectivity index (χ4n) is 3.55. The second kappa shape index (κ2) is 5.43. The molecular formula is C17H17N3O4. The third kappa shape index (κ3) is 2.28. The Hall–Kier alpha value is -2.70. The van der Waals surface area contributed by atoms with Gasteiger partial charge in [-0.25, -0.2) is 4.68 Å². The third-order valence-corrected chi connectivity index (χ3v) is 4.87. The Morgan fingerprint density at radius 1 is 1.25 bits per heavy atom. The zero-order chi connectivity index (χ0) is 16.8. The molecule has 0 aliphatic carbocycles. The molecule has 0 N–H and O–H groups in total. The number of hydrogen-bond acceptors (Lipinski definition) is 5. The predicted octanol–water partition coefficient (Wildman–Crippen LogP) is 0.336. The number of benzene rings is 1. The maximum Gasteiger partial charge on any atom is 0.311 e. The maximum atomic E-state index is 12.5. The Kier molecular flexibility index (Phi) is 3.37. The molecule has 2 aliphatic rings. The molecule has 7 nitrogen and oxygen atoms in total. The van der Waals surface area contributed by atoms with E-state index >= 15 is 0 Å². The molecule has 3 heterocycles. The Labute approximate surface area is 137 Å². The molecule has 0 radical (unpaired) electrons. The number of likely N-dealkylation sites (tertiary alicyclic amines) is 1. The van der Waals surface area contributed by atoms with Crippen LogP contribution in [0.3, 0.4) is 0 Å². The lowest BCUT2D eigenvalue weighted by Crippen LogP contribution is -2.37. The van der Waals surface area contributed by atoms with Crippen LogP contribution in [-0.4, -0.2) is 46.3 Å². The molecule has 1 aromatic carbocycles. The zero-order valence-electron chi connectivity index (χ0n) is 13.3. The lowest BCUT2D eigenvalue weighted by atomic mass is 10.0. The van der Waals surface area contributed by atoms with Crippen LogP contribution >= 0.6 is 0 Å². The van der Waals surface area contributed by atoms with Gasteiger partial charge in [0, 0.05) is 24.4 Å². The van der Waals surface area contributed by atoms with Crippen molar-refractivity contribution in [1.29, 1.82) is 0 Å². The van der Waals surface area contributed by atoms with Crippen LogP contribution in [0.25, 0.3) is 10.8 Å². The second-order valence-electron chi connectivity index (χ2n) is 6.39. The predicted molar refractivity (Wildman–Crippen MR) is 85.3 cm³/mol. The van der Waals surface area contributed by atoms with E-state index in [0.29, 0.717) is 30.8 Å². The first-order valence-electron chi connectivity index (χ1n) is 7.95. The minimum Gasteiger partial charge on any atom is -0.465 e. The van der Waals surface area contributed by atoms with Crippen molar-refractivity contribution in [2.45, 2.75) is 13.5 Å². The summed E-state index contributed by atoms with van der Waals surface area (Å²) in [5, 5.41) is 5.62. The summed E-state index contributed by atoms with van der Waals surface area (Å²) in [5.41, 5.74) is 0.434. The summed E-state index contributed by atoms with van der Waals surface area (Å²) in [5.74, 6) is -0.574. The fourth-order valence-corrected chi connectivity index (χ4v) is 3.55. The van der Waals surface area contributed by atoms with Gasteiger partial charge in [0.2, 0.25) is 5.91 Å². The molecule has 2 aliphatic heterocycles. The minimum absolute atomic E-state index is 0.0736. The van der Waals surface area contributed by atoms with Gasteiger partial charge in [0.05, 0.1) is 23.6 Å². The van der Waals surface area contributed by atoms with Gasteiger partial charge in [0.25, 0.3) is 5.56 Å². The first-order chi connectivity index (χ1) is 11.5. The Morgan fingerprint density at radius 2 is 2.00 bits per heavy atom. The quantitative estimate of drug-likeness (QED) is 0.743. The van der Waals surface area contributed by atoms with Crippen LogP contribution in [0.4, 0.5) is 0 Å². The highest BCUT2D eigenvalue weighted by Crippen LogP contribution is 2.30. The van der Waals surface area contributed by atoms with Crippen molar-refractivity contribution in [2.24, 2.45) is 11.8 Å². The standard InChI is InChI=1S/C17H17N3O4/c1-10-12-4-2-3-5-13(12)16(22)20(18-10)8-15(21)19-6-11-9-24-17(23)14(11)7-19/h2-5,11,14H,6-9H2,1H3/t11-,14-/m1/s1. The molecule has 2 saturated heterocycles. The van der Waals surface area contributed by atoms with Gasteiger partial charge in [-0.1, -0.05) is 18.2 Å². The average molecular weight is 327 g/mol. The summed E-state index contributed by atoms with van der Waals surface area (Å²) in [6, 6.07) is 7.23. The number of amides is 1. The first kappa shape index (κ1) is 14.9. The van der Waals surface area contributed by atoms with Crippen LogP contribution in [0.5, 0.6) is 0 Å². The van der Waals surface area contributed by atoms with Crippen LogP contribution in [0.15, 0.2) is 29.1 Å². The Morgan fingerprint density at radius 3 is 2.75 bits per heavy atom. The average Bonchev–Trinajstić information content (AvgIpc) is 3.15. The number of fused-ring (bicyclic) bond motifs is 2. The molecule has 0 bridgehead atoms. The number of hydrogen-bond donors (Lipinski definition) is 0. The summed E-state index contributed by atoms with van der Waals surface area (Å²) >= 11 is 0. The van der Waals surface area contributed by atoms with E-state index < -0.39 is 0 Å². The highest BCUT2D eigenvalue weighted by molar-refractivity contribution is 5.84. The molecular weight excluding hydrogens is 310 g/mol. The molecule has 2 fully saturated rings. The minimum atomic E-state index is -0.275. The monoisotopic (exact) mass is 327 g/mol. The van der Waals surface area contributed by atoms with E-state index in [-0.39, 0.29) is 35.8 Å². The van der Waals surface area contributed by atoms with Gasteiger partial charge in [-0.2, -0.15) is 5.10 Å². The number of esters is 1. The maximum absolute atomic E-state index is 12.5. The molecule has 1 amide bonds. The van der Waals surface area contributed by atoms with Crippen molar-refractivity contribution in [3.63, 3.8) is 0 Å². The van der Waals surface area contributed by atoms with Crippen molar-refractivity contribution >= 4 is 22.6 Å². The second-order valence-corrected chi connectivity index (χ2v) is 6.39. The topological polar surface area (TPSA) is 81.5 Å². The van der Waals surface area contributed by atoms with Gasteiger partial charge < -0.3 is 9.64 Å². The van der Waals surface area contributed by atoms with E-state index in [4.69, 9.17) is 4.74 Å². The molecule has 4 rings (SSSR count). The number of aromatic nitrogens is 2. The summed E-state index contributed by atoms with van der Waals surface area (Å²) < 4.78 is 6.22. The number of ether oxygens (including phenoxy) is 1. The number of aryl methyl sites for hydroxylation is 1. The van der Waals surface area contributed by atoms with E-state index in [2.05, 4.69) is 5.10 Å². The summed E-state index contributed by atoms with van der Waals surface area (Å²) in [6.45, 7) is 2.94. The number of cyclic esters (lactones) is 1. The summed E-state index contributed by atoms with van der Waals surface area (Å²) in [4.78, 5) is 38.3. The van der Waals surface area contributed by atoms with Crippen molar-refractivity contribution in [1.82, 2.24) is 14.7 Å². The normalized spacial score (nSPS) is 22.7. The SMILES string of the molecule is Cc1nn(CC(=O)N2C[C@@H]3COC(=O)[C@@H]3C2)c(=O)c2ccccc12. The van der Waals surface area contributed by atoms with Crippen molar-refractivity contribution in [3.8, 4) is 0 Å². The van der Waals surface area contributed by atoms with Crippen molar-refractivity contribution < 1.29 is 14.3 Å². The smallest absolute Gasteiger partial charge is 0.311 e. The zero-order valence-corrected chi connectivity index (χ0v) is 13.3. The molecule has 2 atom stereocenters. The number of carbonyl (C=O) groups excluding carboxylic acids is 2. The van der Waals surface area contributed by atoms with Crippen molar-refractivity contribution in [2.75, 3.05) is 19.7 Å². The molecule has 1 aromatic heterocycles. The lowest BCUT2D eigenvalue weighted by molar-refractivity contribution is -0.142. The van der Waals surface area contributed by atoms with E-state index in [1.165, 1.54) is 4.68 Å². The number of rotatable bonds is 2. The van der Waals surface area contributed by atoms with E-state index in [0.717, 1.165) is 5.39 Å². The van der Waals surface area contributed by atoms with Gasteiger partial charge in [-0.05, 0) is 13.0 Å². The van der Waals surface area contributed by atoms with Crippen LogP contribution in [0.2, 0.25) is 0 Å². The summed E-state index contributed by atoms with van der Waals surface area (Å²) in [6.07, 6.45) is 0. The van der Waals surface area contributed by atoms with E-state index in [1.807, 2.05) is 19.1 Å². The highest BCUT2D eigenvalue weighted by Gasteiger charge is 2.45. The van der Waals surface area contributed by atoms with Gasteiger partial charge >= 0.3 is 5.97 Å². The van der Waals surface area contributed by atoms with Crippen LogP contribution < -0.4 is 5.56 Å². The van der Waals surface area contributed by atoms with Gasteiger partial charge in [-0.15, -0.1) is 0 Å². The molecule has 0 unspecified atom stereocenters. The Bertz CT molecular complexity index is 904. The third-order valence-electron chi connectivity index (χ3n) is 4.87. The lowest BCUT2D eigenvalue weighted by Gasteiger charge is -2.18. The summed E-state index contributed by atoms with van der Waals surface area (Å²) in [7, 11) is 0. The number of nitrogens with zero attached hydrogens (tertiary/aromatic N) is 3. The van der Waals surface area contributed by atoms with E-state index in [1.54, 1.807) is 17.0 Å². The molecule has 124 valence electrons. The van der Waals surface area contributed by atoms with Crippen LogP contribution in [0.1, 0.15) is 5.69 Å². The largest absolute Gasteiger partial charge is 0.465 e. The van der Waals surface area contributed by atoms with Crippen LogP contribution in [-0.2, 0) is 20.9 Å².